The Balaban J connectivity index is 1.70. The van der Waals surface area contributed by atoms with Gasteiger partial charge in [0.05, 0.1) is 17.9 Å². The SMILES string of the molecule is Cc1oc2ccc(OCc3ccccc3)cc2c1-c1nccc(CO)n1. The second-order valence-electron chi connectivity index (χ2n) is 6.00. The fourth-order valence-electron chi connectivity index (χ4n) is 2.91. The molecule has 0 aliphatic carbocycles. The summed E-state index contributed by atoms with van der Waals surface area (Å²) in [4.78, 5) is 8.75. The third-order valence-corrected chi connectivity index (χ3v) is 4.18. The molecule has 26 heavy (non-hydrogen) atoms. The van der Waals surface area contributed by atoms with Gasteiger partial charge >= 0.3 is 0 Å². The molecule has 0 atom stereocenters. The molecule has 2 aromatic heterocycles. The molecule has 5 heteroatoms. The fraction of sp³-hybridized carbons (Fsp3) is 0.143. The van der Waals surface area contributed by atoms with Gasteiger partial charge in [-0.3, -0.25) is 0 Å². The van der Waals surface area contributed by atoms with E-state index in [-0.39, 0.29) is 6.61 Å². The molecule has 2 heterocycles. The monoisotopic (exact) mass is 346 g/mol. The van der Waals surface area contributed by atoms with Crippen LogP contribution < -0.4 is 4.74 Å². The minimum atomic E-state index is -0.129. The molecule has 0 unspecified atom stereocenters. The van der Waals surface area contributed by atoms with Gasteiger partial charge < -0.3 is 14.3 Å². The number of ether oxygens (including phenoxy) is 1. The maximum atomic E-state index is 9.33. The van der Waals surface area contributed by atoms with Crippen molar-refractivity contribution in [1.29, 1.82) is 0 Å². The van der Waals surface area contributed by atoms with E-state index >= 15 is 0 Å². The average Bonchev–Trinajstić information content (AvgIpc) is 3.02. The molecule has 0 saturated heterocycles. The van der Waals surface area contributed by atoms with Crippen LogP contribution in [0, 0.1) is 6.92 Å². The van der Waals surface area contributed by atoms with E-state index in [9.17, 15) is 5.11 Å². The van der Waals surface area contributed by atoms with Gasteiger partial charge in [-0.15, -0.1) is 0 Å². The van der Waals surface area contributed by atoms with Gasteiger partial charge in [-0.1, -0.05) is 30.3 Å². The van der Waals surface area contributed by atoms with Crippen molar-refractivity contribution in [3.05, 3.63) is 77.8 Å². The molecule has 0 spiro atoms. The van der Waals surface area contributed by atoms with E-state index in [1.54, 1.807) is 12.3 Å². The Labute approximate surface area is 150 Å². The zero-order valence-corrected chi connectivity index (χ0v) is 14.3. The molecule has 4 rings (SSSR count). The lowest BCUT2D eigenvalue weighted by Gasteiger charge is -2.07. The van der Waals surface area contributed by atoms with Gasteiger partial charge in [0.25, 0.3) is 0 Å². The Kier molecular flexibility index (Phi) is 4.37. The van der Waals surface area contributed by atoms with Gasteiger partial charge in [0.2, 0.25) is 0 Å². The highest BCUT2D eigenvalue weighted by Gasteiger charge is 2.16. The lowest BCUT2D eigenvalue weighted by molar-refractivity contribution is 0.277. The maximum Gasteiger partial charge on any atom is 0.163 e. The first kappa shape index (κ1) is 16.3. The number of aryl methyl sites for hydroxylation is 1. The minimum absolute atomic E-state index is 0.129. The quantitative estimate of drug-likeness (QED) is 0.584. The smallest absolute Gasteiger partial charge is 0.163 e. The second-order valence-corrected chi connectivity index (χ2v) is 6.00. The van der Waals surface area contributed by atoms with E-state index in [1.807, 2.05) is 55.5 Å². The Hall–Kier alpha value is -3.18. The number of aliphatic hydroxyl groups excluding tert-OH is 1. The predicted octanol–water partition coefficient (Wildman–Crippen LogP) is 4.27. The van der Waals surface area contributed by atoms with Gasteiger partial charge in [-0.2, -0.15) is 0 Å². The van der Waals surface area contributed by atoms with Crippen molar-refractivity contribution in [1.82, 2.24) is 9.97 Å². The summed E-state index contributed by atoms with van der Waals surface area (Å²) >= 11 is 0. The van der Waals surface area contributed by atoms with Crippen LogP contribution in [0.1, 0.15) is 17.0 Å². The van der Waals surface area contributed by atoms with Gasteiger partial charge in [0.15, 0.2) is 5.82 Å². The second kappa shape index (κ2) is 6.98. The number of nitrogens with zero attached hydrogens (tertiary/aromatic N) is 2. The average molecular weight is 346 g/mol. The molecule has 0 saturated carbocycles. The number of benzene rings is 2. The zero-order chi connectivity index (χ0) is 17.9. The van der Waals surface area contributed by atoms with Crippen molar-refractivity contribution in [2.24, 2.45) is 0 Å². The Morgan fingerprint density at radius 3 is 2.73 bits per heavy atom. The van der Waals surface area contributed by atoms with E-state index in [4.69, 9.17) is 9.15 Å². The predicted molar refractivity (Wildman–Crippen MR) is 98.7 cm³/mol. The first-order valence-corrected chi connectivity index (χ1v) is 8.37. The Bertz CT molecular complexity index is 1040. The number of fused-ring (bicyclic) bond motifs is 1. The maximum absolute atomic E-state index is 9.33. The molecular formula is C21H18N2O3. The summed E-state index contributed by atoms with van der Waals surface area (Å²) in [5.41, 5.74) is 3.25. The van der Waals surface area contributed by atoms with Crippen LogP contribution in [0.4, 0.5) is 0 Å². The molecule has 1 N–H and O–H groups in total. The molecule has 0 aliphatic heterocycles. The normalized spacial score (nSPS) is 11.0. The van der Waals surface area contributed by atoms with E-state index in [0.717, 1.165) is 33.6 Å². The molecule has 0 amide bonds. The van der Waals surface area contributed by atoms with Gasteiger partial charge in [-0.25, -0.2) is 9.97 Å². The third-order valence-electron chi connectivity index (χ3n) is 4.18. The largest absolute Gasteiger partial charge is 0.489 e. The molecule has 130 valence electrons. The summed E-state index contributed by atoms with van der Waals surface area (Å²) < 4.78 is 11.8. The van der Waals surface area contributed by atoms with E-state index in [1.165, 1.54) is 0 Å². The topological polar surface area (TPSA) is 68.4 Å². The highest BCUT2D eigenvalue weighted by Crippen LogP contribution is 2.35. The Morgan fingerprint density at radius 1 is 1.08 bits per heavy atom. The number of aromatic nitrogens is 2. The third kappa shape index (κ3) is 3.17. The van der Waals surface area contributed by atoms with Crippen LogP contribution in [0.5, 0.6) is 5.75 Å². The first-order chi connectivity index (χ1) is 12.7. The van der Waals surface area contributed by atoms with Crippen LogP contribution in [-0.4, -0.2) is 15.1 Å². The molecular weight excluding hydrogens is 328 g/mol. The lowest BCUT2D eigenvalue weighted by Crippen LogP contribution is -1.96. The van der Waals surface area contributed by atoms with Gasteiger partial charge in [-0.05, 0) is 36.8 Å². The van der Waals surface area contributed by atoms with Crippen molar-refractivity contribution < 1.29 is 14.3 Å². The van der Waals surface area contributed by atoms with Crippen LogP contribution >= 0.6 is 0 Å². The molecule has 0 aliphatic rings. The summed E-state index contributed by atoms with van der Waals surface area (Å²) in [6, 6.07) is 17.4. The van der Waals surface area contributed by atoms with Crippen molar-refractivity contribution in [3.8, 4) is 17.1 Å². The Morgan fingerprint density at radius 2 is 1.92 bits per heavy atom. The molecule has 0 radical (unpaired) electrons. The van der Waals surface area contributed by atoms with Crippen molar-refractivity contribution >= 4 is 11.0 Å². The van der Waals surface area contributed by atoms with Gasteiger partial charge in [0.1, 0.15) is 23.7 Å². The highest BCUT2D eigenvalue weighted by molar-refractivity contribution is 5.94. The van der Waals surface area contributed by atoms with E-state index in [2.05, 4.69) is 9.97 Å². The standard InChI is InChI=1S/C21H18N2O3/c1-14-20(21-22-10-9-16(12-24)23-21)18-11-17(7-8-19(18)26-14)25-13-15-5-3-2-4-6-15/h2-11,24H,12-13H2,1H3. The zero-order valence-electron chi connectivity index (χ0n) is 14.3. The number of furan rings is 1. The van der Waals surface area contributed by atoms with E-state index in [0.29, 0.717) is 18.1 Å². The van der Waals surface area contributed by atoms with Crippen molar-refractivity contribution in [2.75, 3.05) is 0 Å². The van der Waals surface area contributed by atoms with Crippen molar-refractivity contribution in [3.63, 3.8) is 0 Å². The summed E-state index contributed by atoms with van der Waals surface area (Å²) in [6.07, 6.45) is 1.64. The minimum Gasteiger partial charge on any atom is -0.489 e. The van der Waals surface area contributed by atoms with Crippen LogP contribution in [0.25, 0.3) is 22.4 Å². The molecule has 0 fully saturated rings. The molecule has 4 aromatic rings. The summed E-state index contributed by atoms with van der Waals surface area (Å²) in [7, 11) is 0. The number of aliphatic hydroxyl groups is 1. The molecule has 5 nitrogen and oxygen atoms in total. The highest BCUT2D eigenvalue weighted by atomic mass is 16.5. The van der Waals surface area contributed by atoms with Gasteiger partial charge in [0, 0.05) is 11.6 Å². The fourth-order valence-corrected chi connectivity index (χ4v) is 2.91. The molecule has 0 bridgehead atoms. The van der Waals surface area contributed by atoms with Crippen LogP contribution in [0.2, 0.25) is 0 Å². The number of rotatable bonds is 5. The summed E-state index contributed by atoms with van der Waals surface area (Å²) in [5.74, 6) is 2.02. The van der Waals surface area contributed by atoms with Crippen molar-refractivity contribution in [2.45, 2.75) is 20.1 Å². The van der Waals surface area contributed by atoms with E-state index < -0.39 is 0 Å². The first-order valence-electron chi connectivity index (χ1n) is 8.37. The van der Waals surface area contributed by atoms with Crippen LogP contribution in [0.15, 0.2) is 65.2 Å². The lowest BCUT2D eigenvalue weighted by atomic mass is 10.1. The summed E-state index contributed by atoms with van der Waals surface area (Å²) in [5, 5.41) is 10.2. The summed E-state index contributed by atoms with van der Waals surface area (Å²) in [6.45, 7) is 2.25. The van der Waals surface area contributed by atoms with Crippen LogP contribution in [-0.2, 0) is 13.2 Å². The molecule has 2 aromatic carbocycles. The number of hydrogen-bond acceptors (Lipinski definition) is 5. The van der Waals surface area contributed by atoms with Crippen LogP contribution in [0.3, 0.4) is 0 Å². The number of hydrogen-bond donors (Lipinski definition) is 1.